The Bertz CT molecular complexity index is 1550. The van der Waals surface area contributed by atoms with Crippen molar-refractivity contribution in [2.75, 3.05) is 19.0 Å². The van der Waals surface area contributed by atoms with Gasteiger partial charge in [-0.2, -0.15) is 0 Å². The quantitative estimate of drug-likeness (QED) is 0.317. The van der Waals surface area contributed by atoms with E-state index >= 15 is 0 Å². The molecule has 0 saturated heterocycles. The monoisotopic (exact) mass is 453 g/mol. The van der Waals surface area contributed by atoms with E-state index in [1.807, 2.05) is 66.9 Å². The van der Waals surface area contributed by atoms with E-state index in [0.717, 1.165) is 33.2 Å². The second kappa shape index (κ2) is 9.15. The molecule has 0 bridgehead atoms. The fourth-order valence-corrected chi connectivity index (χ4v) is 4.09. The summed E-state index contributed by atoms with van der Waals surface area (Å²) in [6, 6.07) is 22.7. The lowest BCUT2D eigenvalue weighted by atomic mass is 10.0. The van der Waals surface area contributed by atoms with Crippen LogP contribution in [0.3, 0.4) is 0 Å². The van der Waals surface area contributed by atoms with Crippen LogP contribution in [0.15, 0.2) is 83.8 Å². The maximum atomic E-state index is 12.8. The molecule has 0 spiro atoms. The fourth-order valence-electron chi connectivity index (χ4n) is 4.09. The Morgan fingerprint density at radius 3 is 2.65 bits per heavy atom. The Kier molecular flexibility index (Phi) is 5.74. The molecule has 1 amide bonds. The summed E-state index contributed by atoms with van der Waals surface area (Å²) in [5.74, 6) is 0.761. The van der Waals surface area contributed by atoms with Crippen LogP contribution in [0.5, 0.6) is 5.75 Å². The van der Waals surface area contributed by atoms with Crippen LogP contribution in [0.1, 0.15) is 5.56 Å². The Morgan fingerprint density at radius 1 is 0.941 bits per heavy atom. The van der Waals surface area contributed by atoms with Gasteiger partial charge in [0, 0.05) is 40.3 Å². The first kappa shape index (κ1) is 21.3. The van der Waals surface area contributed by atoms with E-state index in [0.29, 0.717) is 23.2 Å². The highest BCUT2D eigenvalue weighted by atomic mass is 16.5. The lowest BCUT2D eigenvalue weighted by Crippen LogP contribution is -2.15. The maximum absolute atomic E-state index is 12.8. The van der Waals surface area contributed by atoms with E-state index in [2.05, 4.69) is 15.3 Å². The van der Waals surface area contributed by atoms with Crippen molar-refractivity contribution in [1.82, 2.24) is 9.97 Å². The number of aromatic amines is 2. The molecule has 7 heteroatoms. The summed E-state index contributed by atoms with van der Waals surface area (Å²) in [6.07, 6.45) is 1.82. The van der Waals surface area contributed by atoms with Gasteiger partial charge in [0.15, 0.2) is 0 Å². The molecule has 2 aromatic heterocycles. The summed E-state index contributed by atoms with van der Waals surface area (Å²) in [5, 5.41) is 4.56. The number of nitrogens with one attached hydrogen (secondary N) is 3. The highest BCUT2D eigenvalue weighted by Gasteiger charge is 2.12. The molecule has 0 aliphatic rings. The summed E-state index contributed by atoms with van der Waals surface area (Å²) < 4.78 is 10.6. The van der Waals surface area contributed by atoms with Gasteiger partial charge in [-0.3, -0.25) is 10.1 Å². The summed E-state index contributed by atoms with van der Waals surface area (Å²) in [6.45, 7) is 0.213. The highest BCUT2D eigenvalue weighted by molar-refractivity contribution is 5.98. The molecule has 0 radical (unpaired) electrons. The molecular weight excluding hydrogens is 430 g/mol. The average Bonchev–Trinajstić information content (AvgIpc) is 3.28. The number of ether oxygens (including phenoxy) is 2. The number of para-hydroxylation sites is 2. The normalized spacial score (nSPS) is 11.0. The summed E-state index contributed by atoms with van der Waals surface area (Å²) in [5.41, 5.74) is 4.33. The number of carbonyl (C=O) groups excluding carboxylic acids is 1. The predicted molar refractivity (Wildman–Crippen MR) is 134 cm³/mol. The van der Waals surface area contributed by atoms with Crippen LogP contribution in [0.4, 0.5) is 10.5 Å². The summed E-state index contributed by atoms with van der Waals surface area (Å²) >= 11 is 0. The Balaban J connectivity index is 1.30. The summed E-state index contributed by atoms with van der Waals surface area (Å²) in [7, 11) is 1.61. The lowest BCUT2D eigenvalue weighted by Gasteiger charge is -2.10. The van der Waals surface area contributed by atoms with Gasteiger partial charge >= 0.3 is 6.09 Å². The van der Waals surface area contributed by atoms with E-state index in [-0.39, 0.29) is 12.2 Å². The fraction of sp³-hybridized carbons (Fsp3) is 0.111. The molecular formula is C27H23N3O4. The molecule has 34 heavy (non-hydrogen) atoms. The minimum atomic E-state index is -0.563. The zero-order chi connectivity index (χ0) is 23.5. The minimum Gasteiger partial charge on any atom is -0.496 e. The largest absolute Gasteiger partial charge is 0.496 e. The van der Waals surface area contributed by atoms with Crippen LogP contribution in [-0.4, -0.2) is 29.8 Å². The van der Waals surface area contributed by atoms with Crippen molar-refractivity contribution in [1.29, 1.82) is 0 Å². The zero-order valence-corrected chi connectivity index (χ0v) is 18.6. The third kappa shape index (κ3) is 4.23. The number of H-pyrrole nitrogens is 2. The van der Waals surface area contributed by atoms with Gasteiger partial charge in [-0.05, 0) is 41.3 Å². The van der Waals surface area contributed by atoms with Crippen LogP contribution in [0.2, 0.25) is 0 Å². The SMILES string of the molecule is COc1ccccc1CCOC(=O)Nc1ccc2cc(-c3c[nH]c4ccccc34)c(=O)[nH]c2c1. The van der Waals surface area contributed by atoms with E-state index < -0.39 is 6.09 Å². The molecule has 0 atom stereocenters. The molecule has 5 aromatic rings. The molecule has 0 saturated carbocycles. The Morgan fingerprint density at radius 2 is 1.76 bits per heavy atom. The number of hydrogen-bond acceptors (Lipinski definition) is 4. The van der Waals surface area contributed by atoms with E-state index in [4.69, 9.17) is 9.47 Å². The van der Waals surface area contributed by atoms with Crippen molar-refractivity contribution < 1.29 is 14.3 Å². The third-order valence-corrected chi connectivity index (χ3v) is 5.77. The lowest BCUT2D eigenvalue weighted by molar-refractivity contribution is 0.162. The van der Waals surface area contributed by atoms with Crippen molar-refractivity contribution in [2.45, 2.75) is 6.42 Å². The predicted octanol–water partition coefficient (Wildman–Crippen LogP) is 5.48. The molecule has 3 N–H and O–H groups in total. The average molecular weight is 453 g/mol. The van der Waals surface area contributed by atoms with E-state index in [1.54, 1.807) is 19.2 Å². The first-order valence-electron chi connectivity index (χ1n) is 10.9. The van der Waals surface area contributed by atoms with Crippen molar-refractivity contribution in [2.24, 2.45) is 0 Å². The number of amides is 1. The molecule has 3 aromatic carbocycles. The van der Waals surface area contributed by atoms with Crippen LogP contribution in [0.25, 0.3) is 32.9 Å². The van der Waals surface area contributed by atoms with Gasteiger partial charge in [-0.15, -0.1) is 0 Å². The van der Waals surface area contributed by atoms with Gasteiger partial charge in [0.25, 0.3) is 5.56 Å². The first-order valence-corrected chi connectivity index (χ1v) is 10.9. The molecule has 2 heterocycles. The van der Waals surface area contributed by atoms with Crippen LogP contribution in [-0.2, 0) is 11.2 Å². The number of anilines is 1. The minimum absolute atomic E-state index is 0.200. The van der Waals surface area contributed by atoms with Crippen LogP contribution in [0, 0.1) is 0 Å². The third-order valence-electron chi connectivity index (χ3n) is 5.77. The standard InChI is InChI=1S/C27H23N3O4/c1-33-25-9-5-2-6-17(25)12-13-34-27(32)29-19-11-10-18-14-21(26(31)30-24(18)15-19)22-16-28-23-8-4-3-7-20(22)23/h2-11,14-16,28H,12-13H2,1H3,(H,29,32)(H,30,31). The number of benzene rings is 3. The van der Waals surface area contributed by atoms with Crippen molar-refractivity contribution >= 4 is 33.6 Å². The molecule has 7 nitrogen and oxygen atoms in total. The van der Waals surface area contributed by atoms with E-state index in [9.17, 15) is 9.59 Å². The first-order chi connectivity index (χ1) is 16.6. The number of hydrogen-bond donors (Lipinski definition) is 3. The second-order valence-corrected chi connectivity index (χ2v) is 7.88. The van der Waals surface area contributed by atoms with Crippen LogP contribution >= 0.6 is 0 Å². The number of carbonyl (C=O) groups is 1. The molecule has 5 rings (SSSR count). The Labute approximate surface area is 195 Å². The smallest absolute Gasteiger partial charge is 0.411 e. The van der Waals surface area contributed by atoms with Crippen LogP contribution < -0.4 is 15.6 Å². The molecule has 0 aliphatic heterocycles. The zero-order valence-electron chi connectivity index (χ0n) is 18.6. The van der Waals surface area contributed by atoms with Crippen molar-refractivity contribution in [3.8, 4) is 16.9 Å². The van der Waals surface area contributed by atoms with Gasteiger partial charge in [-0.25, -0.2) is 4.79 Å². The number of methoxy groups -OCH3 is 1. The van der Waals surface area contributed by atoms with Crippen molar-refractivity contribution in [3.05, 3.63) is 94.9 Å². The topological polar surface area (TPSA) is 96.2 Å². The Hall–Kier alpha value is -4.52. The molecule has 0 aliphatic carbocycles. The number of rotatable bonds is 6. The molecule has 0 unspecified atom stereocenters. The number of aromatic nitrogens is 2. The van der Waals surface area contributed by atoms with Gasteiger partial charge < -0.3 is 19.4 Å². The van der Waals surface area contributed by atoms with E-state index in [1.165, 1.54) is 0 Å². The van der Waals surface area contributed by atoms with Gasteiger partial charge in [0.2, 0.25) is 0 Å². The summed E-state index contributed by atoms with van der Waals surface area (Å²) in [4.78, 5) is 31.2. The van der Waals surface area contributed by atoms with Gasteiger partial charge in [0.05, 0.1) is 19.2 Å². The molecule has 0 fully saturated rings. The van der Waals surface area contributed by atoms with Gasteiger partial charge in [0.1, 0.15) is 5.75 Å². The number of pyridine rings is 1. The number of fused-ring (bicyclic) bond motifs is 2. The van der Waals surface area contributed by atoms with Gasteiger partial charge in [-0.1, -0.05) is 42.5 Å². The second-order valence-electron chi connectivity index (χ2n) is 7.88. The molecule has 170 valence electrons. The van der Waals surface area contributed by atoms with Crippen molar-refractivity contribution in [3.63, 3.8) is 0 Å². The maximum Gasteiger partial charge on any atom is 0.411 e. The highest BCUT2D eigenvalue weighted by Crippen LogP contribution is 2.28.